The first kappa shape index (κ1) is 9.68. The molecule has 0 amide bonds. The topological polar surface area (TPSA) is 33.1 Å². The quantitative estimate of drug-likeness (QED) is 0.398. The second-order valence-corrected chi connectivity index (χ2v) is 2.33. The Labute approximate surface area is 62.7 Å². The molecule has 0 radical (unpaired) electrons. The van der Waals surface area contributed by atoms with E-state index in [0.29, 0.717) is 6.42 Å². The highest BCUT2D eigenvalue weighted by Crippen LogP contribution is 2.15. The highest BCUT2D eigenvalue weighted by atomic mass is 32.2. The predicted octanol–water partition coefficient (Wildman–Crippen LogP) is 2.65. The van der Waals surface area contributed by atoms with Crippen LogP contribution in [0.3, 0.4) is 0 Å². The van der Waals surface area contributed by atoms with Crippen LogP contribution in [0.15, 0.2) is 0 Å². The molecule has 0 aliphatic carbocycles. The van der Waals surface area contributed by atoms with E-state index < -0.39 is 5.76 Å². The number of alkyl halides is 2. The minimum Gasteiger partial charge on any atom is -0.405 e. The lowest BCUT2D eigenvalue weighted by atomic mass is 10.3. The molecule has 0 aromatic carbocycles. The molecule has 10 heavy (non-hydrogen) atoms. The molecule has 0 aliphatic heterocycles. The zero-order valence-corrected chi connectivity index (χ0v) is 6.38. The van der Waals surface area contributed by atoms with Crippen molar-refractivity contribution in [2.45, 2.75) is 25.5 Å². The zero-order chi connectivity index (χ0) is 7.98. The normalized spacial score (nSPS) is 10.0. The SMILES string of the molecule is CCCC(=N)OSC(F)F. The van der Waals surface area contributed by atoms with E-state index in [0.717, 1.165) is 6.42 Å². The Hall–Kier alpha value is -0.320. The summed E-state index contributed by atoms with van der Waals surface area (Å²) in [5.41, 5.74) is 0. The second kappa shape index (κ2) is 5.46. The summed E-state index contributed by atoms with van der Waals surface area (Å²) in [6, 6.07) is 0. The predicted molar refractivity (Wildman–Crippen MR) is 37.3 cm³/mol. The number of halogens is 2. The molecule has 0 aromatic rings. The summed E-state index contributed by atoms with van der Waals surface area (Å²) < 4.78 is 27.0. The average Bonchev–Trinajstić information content (AvgIpc) is 1.85. The second-order valence-electron chi connectivity index (χ2n) is 1.61. The fourth-order valence-electron chi connectivity index (χ4n) is 0.363. The maximum Gasteiger partial charge on any atom is 0.319 e. The van der Waals surface area contributed by atoms with E-state index >= 15 is 0 Å². The molecule has 0 rings (SSSR count). The summed E-state index contributed by atoms with van der Waals surface area (Å²) in [6.07, 6.45) is 1.16. The van der Waals surface area contributed by atoms with Crippen LogP contribution in [-0.4, -0.2) is 11.7 Å². The number of hydrogen-bond donors (Lipinski definition) is 1. The van der Waals surface area contributed by atoms with E-state index in [9.17, 15) is 8.78 Å². The van der Waals surface area contributed by atoms with Crippen molar-refractivity contribution in [3.63, 3.8) is 0 Å². The van der Waals surface area contributed by atoms with Crippen LogP contribution in [0.1, 0.15) is 19.8 Å². The molecule has 2 nitrogen and oxygen atoms in total. The summed E-state index contributed by atoms with van der Waals surface area (Å²) in [5, 5.41) is 6.91. The third kappa shape index (κ3) is 5.81. The van der Waals surface area contributed by atoms with Gasteiger partial charge in [0.2, 0.25) is 0 Å². The molecule has 0 unspecified atom stereocenters. The highest BCUT2D eigenvalue weighted by Gasteiger charge is 2.05. The van der Waals surface area contributed by atoms with Crippen LogP contribution >= 0.6 is 12.0 Å². The lowest BCUT2D eigenvalue weighted by Crippen LogP contribution is -1.97. The van der Waals surface area contributed by atoms with Gasteiger partial charge < -0.3 is 4.18 Å². The Morgan fingerprint density at radius 2 is 2.30 bits per heavy atom. The summed E-state index contributed by atoms with van der Waals surface area (Å²) in [6.45, 7) is 1.85. The molecular weight excluding hydrogens is 160 g/mol. The van der Waals surface area contributed by atoms with Gasteiger partial charge in [-0.2, -0.15) is 8.78 Å². The van der Waals surface area contributed by atoms with Crippen LogP contribution in [-0.2, 0) is 4.18 Å². The lowest BCUT2D eigenvalue weighted by molar-refractivity contribution is 0.243. The van der Waals surface area contributed by atoms with Gasteiger partial charge in [0.05, 0.1) is 0 Å². The van der Waals surface area contributed by atoms with Gasteiger partial charge in [-0.3, -0.25) is 5.41 Å². The van der Waals surface area contributed by atoms with E-state index in [-0.39, 0.29) is 17.9 Å². The first-order valence-electron chi connectivity index (χ1n) is 2.85. The van der Waals surface area contributed by atoms with Crippen LogP contribution in [0.5, 0.6) is 0 Å². The van der Waals surface area contributed by atoms with Gasteiger partial charge in [0.25, 0.3) is 0 Å². The Bertz CT molecular complexity index is 110. The molecule has 60 valence electrons. The Morgan fingerprint density at radius 3 is 2.70 bits per heavy atom. The van der Waals surface area contributed by atoms with E-state index in [4.69, 9.17) is 5.41 Å². The first-order valence-corrected chi connectivity index (χ1v) is 3.66. The summed E-state index contributed by atoms with van der Waals surface area (Å²) >= 11 is 0.0214. The lowest BCUT2D eigenvalue weighted by Gasteiger charge is -2.01. The molecule has 0 aromatic heterocycles. The third-order valence-corrected chi connectivity index (χ3v) is 1.14. The van der Waals surface area contributed by atoms with Crippen LogP contribution in [0, 0.1) is 5.41 Å². The van der Waals surface area contributed by atoms with Gasteiger partial charge in [-0.05, 0) is 6.42 Å². The number of nitrogens with one attached hydrogen (secondary N) is 1. The van der Waals surface area contributed by atoms with Gasteiger partial charge in [-0.25, -0.2) is 0 Å². The molecule has 0 bridgehead atoms. The third-order valence-electron chi connectivity index (χ3n) is 0.699. The standard InChI is InChI=1S/C5H9F2NOS/c1-2-3-4(8)9-10-5(6)7/h5,8H,2-3H2,1H3. The molecule has 1 N–H and O–H groups in total. The van der Waals surface area contributed by atoms with Crippen molar-refractivity contribution in [3.8, 4) is 0 Å². The van der Waals surface area contributed by atoms with Crippen molar-refractivity contribution in [2.24, 2.45) is 0 Å². The van der Waals surface area contributed by atoms with E-state index in [1.54, 1.807) is 0 Å². The van der Waals surface area contributed by atoms with Crippen LogP contribution < -0.4 is 0 Å². The van der Waals surface area contributed by atoms with Gasteiger partial charge in [-0.15, -0.1) is 0 Å². The Balaban J connectivity index is 3.22. The van der Waals surface area contributed by atoms with Crippen molar-refractivity contribution in [3.05, 3.63) is 0 Å². The maximum absolute atomic E-state index is 11.4. The van der Waals surface area contributed by atoms with Crippen molar-refractivity contribution in [1.82, 2.24) is 0 Å². The van der Waals surface area contributed by atoms with Gasteiger partial charge in [0.1, 0.15) is 12.0 Å². The molecule has 0 saturated heterocycles. The maximum atomic E-state index is 11.4. The van der Waals surface area contributed by atoms with Gasteiger partial charge in [-0.1, -0.05) is 6.92 Å². The average molecular weight is 169 g/mol. The molecule has 0 saturated carbocycles. The van der Waals surface area contributed by atoms with Crippen molar-refractivity contribution in [2.75, 3.05) is 0 Å². The molecule has 0 fully saturated rings. The molecule has 0 spiro atoms. The largest absolute Gasteiger partial charge is 0.405 e. The van der Waals surface area contributed by atoms with Crippen LogP contribution in [0.4, 0.5) is 8.78 Å². The number of hydrogen-bond acceptors (Lipinski definition) is 3. The highest BCUT2D eigenvalue weighted by molar-refractivity contribution is 7.95. The molecule has 0 atom stereocenters. The van der Waals surface area contributed by atoms with Crippen LogP contribution in [0.2, 0.25) is 0 Å². The minimum absolute atomic E-state index is 0.0214. The minimum atomic E-state index is -2.56. The molecule has 0 heterocycles. The van der Waals surface area contributed by atoms with Crippen molar-refractivity contribution < 1.29 is 13.0 Å². The molecular formula is C5H9F2NOS. The van der Waals surface area contributed by atoms with Gasteiger partial charge in [0.15, 0.2) is 5.90 Å². The summed E-state index contributed by atoms with van der Waals surface area (Å²) in [4.78, 5) is 0. The smallest absolute Gasteiger partial charge is 0.319 e. The number of rotatable bonds is 4. The summed E-state index contributed by atoms with van der Waals surface area (Å²) in [5.74, 6) is -2.65. The molecule has 5 heteroatoms. The summed E-state index contributed by atoms with van der Waals surface area (Å²) in [7, 11) is 0. The first-order chi connectivity index (χ1) is 4.66. The Kier molecular flexibility index (Phi) is 5.29. The monoisotopic (exact) mass is 169 g/mol. The zero-order valence-electron chi connectivity index (χ0n) is 5.56. The van der Waals surface area contributed by atoms with E-state index in [1.807, 2.05) is 6.92 Å². The van der Waals surface area contributed by atoms with E-state index in [1.165, 1.54) is 0 Å². The van der Waals surface area contributed by atoms with Gasteiger partial charge in [0, 0.05) is 6.42 Å². The van der Waals surface area contributed by atoms with Gasteiger partial charge >= 0.3 is 5.76 Å². The van der Waals surface area contributed by atoms with Crippen molar-refractivity contribution in [1.29, 1.82) is 5.41 Å². The van der Waals surface area contributed by atoms with Crippen LogP contribution in [0.25, 0.3) is 0 Å². The molecule has 0 aliphatic rings. The van der Waals surface area contributed by atoms with E-state index in [2.05, 4.69) is 4.18 Å². The Morgan fingerprint density at radius 1 is 1.70 bits per heavy atom. The van der Waals surface area contributed by atoms with Crippen molar-refractivity contribution >= 4 is 17.9 Å². The fourth-order valence-corrected chi connectivity index (χ4v) is 0.635. The fraction of sp³-hybridized carbons (Fsp3) is 0.800.